The number of hydrogen-bond acceptors (Lipinski definition) is 4. The first-order valence-electron chi connectivity index (χ1n) is 9.98. The van der Waals surface area contributed by atoms with E-state index in [1.807, 2.05) is 29.3 Å². The van der Waals surface area contributed by atoms with Crippen molar-refractivity contribution in [3.05, 3.63) is 71.9 Å². The summed E-state index contributed by atoms with van der Waals surface area (Å²) < 4.78 is 0. The lowest BCUT2D eigenvalue weighted by Gasteiger charge is -2.36. The molecule has 2 aliphatic heterocycles. The molecule has 0 aliphatic carbocycles. The molecule has 0 unspecified atom stereocenters. The van der Waals surface area contributed by atoms with E-state index in [-0.39, 0.29) is 5.91 Å². The summed E-state index contributed by atoms with van der Waals surface area (Å²) in [5.41, 5.74) is 2.02. The lowest BCUT2D eigenvalue weighted by molar-refractivity contribution is 0.0756. The number of benzene rings is 2. The third-order valence-corrected chi connectivity index (χ3v) is 5.91. The Labute approximate surface area is 165 Å². The number of anilines is 1. The minimum absolute atomic E-state index is 0.175. The Kier molecular flexibility index (Phi) is 4.45. The SMILES string of the molecule is O=C1c2ccccc2CN1CCN1CCN(c2nccc3ccccc23)CC1. The number of fused-ring (bicyclic) bond motifs is 2. The van der Waals surface area contributed by atoms with Gasteiger partial charge < -0.3 is 9.80 Å². The van der Waals surface area contributed by atoms with Crippen molar-refractivity contribution in [2.45, 2.75) is 6.54 Å². The maximum Gasteiger partial charge on any atom is 0.254 e. The summed E-state index contributed by atoms with van der Waals surface area (Å²) in [7, 11) is 0. The quantitative estimate of drug-likeness (QED) is 0.706. The zero-order valence-corrected chi connectivity index (χ0v) is 15.9. The van der Waals surface area contributed by atoms with Crippen LogP contribution in [0.2, 0.25) is 0 Å². The van der Waals surface area contributed by atoms with Crippen molar-refractivity contribution < 1.29 is 4.79 Å². The number of pyridine rings is 1. The van der Waals surface area contributed by atoms with Crippen LogP contribution in [0.25, 0.3) is 10.8 Å². The van der Waals surface area contributed by atoms with Crippen LogP contribution in [0, 0.1) is 0 Å². The van der Waals surface area contributed by atoms with E-state index < -0.39 is 0 Å². The lowest BCUT2D eigenvalue weighted by Crippen LogP contribution is -2.48. The third kappa shape index (κ3) is 3.12. The van der Waals surface area contributed by atoms with E-state index in [0.29, 0.717) is 0 Å². The second-order valence-corrected chi connectivity index (χ2v) is 7.57. The molecule has 5 nitrogen and oxygen atoms in total. The fourth-order valence-corrected chi connectivity index (χ4v) is 4.30. The molecule has 0 N–H and O–H groups in total. The van der Waals surface area contributed by atoms with Crippen LogP contribution in [-0.2, 0) is 6.54 Å². The molecular formula is C23H24N4O. The predicted molar refractivity (Wildman–Crippen MR) is 112 cm³/mol. The summed E-state index contributed by atoms with van der Waals surface area (Å²) in [6, 6.07) is 18.5. The Morgan fingerprint density at radius 1 is 0.857 bits per heavy atom. The highest BCUT2D eigenvalue weighted by Gasteiger charge is 2.27. The van der Waals surface area contributed by atoms with E-state index in [2.05, 4.69) is 51.2 Å². The fraction of sp³-hybridized carbons (Fsp3) is 0.304. The topological polar surface area (TPSA) is 39.7 Å². The molecule has 28 heavy (non-hydrogen) atoms. The first kappa shape index (κ1) is 17.2. The smallest absolute Gasteiger partial charge is 0.254 e. The summed E-state index contributed by atoms with van der Waals surface area (Å²) in [5, 5.41) is 2.46. The number of piperazine rings is 1. The van der Waals surface area contributed by atoms with Gasteiger partial charge in [-0.05, 0) is 23.1 Å². The zero-order chi connectivity index (χ0) is 18.9. The van der Waals surface area contributed by atoms with Gasteiger partial charge in [0.2, 0.25) is 0 Å². The Bertz CT molecular complexity index is 1000. The van der Waals surface area contributed by atoms with Crippen LogP contribution in [0.4, 0.5) is 5.82 Å². The van der Waals surface area contributed by atoms with E-state index >= 15 is 0 Å². The first-order chi connectivity index (χ1) is 13.8. The molecule has 0 saturated carbocycles. The molecule has 5 rings (SSSR count). The second-order valence-electron chi connectivity index (χ2n) is 7.57. The molecule has 1 saturated heterocycles. The van der Waals surface area contributed by atoms with Gasteiger partial charge in [-0.2, -0.15) is 0 Å². The fourth-order valence-electron chi connectivity index (χ4n) is 4.30. The number of rotatable bonds is 4. The van der Waals surface area contributed by atoms with E-state index in [9.17, 15) is 4.79 Å². The Balaban J connectivity index is 1.19. The Hall–Kier alpha value is -2.92. The summed E-state index contributed by atoms with van der Waals surface area (Å²) >= 11 is 0. The van der Waals surface area contributed by atoms with E-state index in [1.54, 1.807) is 0 Å². The minimum Gasteiger partial charge on any atom is -0.354 e. The highest BCUT2D eigenvalue weighted by molar-refractivity contribution is 5.98. The Morgan fingerprint density at radius 2 is 1.64 bits per heavy atom. The summed E-state index contributed by atoms with van der Waals surface area (Å²) in [5.74, 6) is 1.26. The molecule has 5 heteroatoms. The zero-order valence-electron chi connectivity index (χ0n) is 15.9. The summed E-state index contributed by atoms with van der Waals surface area (Å²) in [6.45, 7) is 6.40. The van der Waals surface area contributed by atoms with Crippen molar-refractivity contribution in [1.82, 2.24) is 14.8 Å². The predicted octanol–water partition coefficient (Wildman–Crippen LogP) is 3.01. The standard InChI is InChI=1S/C23H24N4O/c28-23-21-8-4-2-6-19(21)17-27(23)16-13-25-11-14-26(15-12-25)22-20-7-3-1-5-18(20)9-10-24-22/h1-10H,11-17H2. The van der Waals surface area contributed by atoms with E-state index in [4.69, 9.17) is 0 Å². The maximum atomic E-state index is 12.5. The lowest BCUT2D eigenvalue weighted by atomic mass is 10.1. The first-order valence-corrected chi connectivity index (χ1v) is 9.98. The third-order valence-electron chi connectivity index (χ3n) is 5.91. The van der Waals surface area contributed by atoms with Crippen LogP contribution in [0.5, 0.6) is 0 Å². The molecular weight excluding hydrogens is 348 g/mol. The highest BCUT2D eigenvalue weighted by Crippen LogP contribution is 2.25. The summed E-state index contributed by atoms with van der Waals surface area (Å²) in [4.78, 5) is 24.0. The van der Waals surface area contributed by atoms with Crippen molar-refractivity contribution in [2.75, 3.05) is 44.2 Å². The molecule has 0 atom stereocenters. The van der Waals surface area contributed by atoms with Gasteiger partial charge in [-0.25, -0.2) is 4.98 Å². The molecule has 2 aliphatic rings. The van der Waals surface area contributed by atoms with Gasteiger partial charge in [0.1, 0.15) is 5.82 Å². The molecule has 142 valence electrons. The van der Waals surface area contributed by atoms with Gasteiger partial charge in [-0.1, -0.05) is 42.5 Å². The van der Waals surface area contributed by atoms with Crippen LogP contribution in [0.15, 0.2) is 60.8 Å². The van der Waals surface area contributed by atoms with E-state index in [1.165, 1.54) is 10.8 Å². The van der Waals surface area contributed by atoms with Crippen LogP contribution in [-0.4, -0.2) is 60.0 Å². The molecule has 1 aromatic heterocycles. The van der Waals surface area contributed by atoms with Crippen LogP contribution < -0.4 is 4.90 Å². The van der Waals surface area contributed by atoms with Crippen molar-refractivity contribution in [1.29, 1.82) is 0 Å². The van der Waals surface area contributed by atoms with Crippen molar-refractivity contribution >= 4 is 22.5 Å². The Morgan fingerprint density at radius 3 is 2.50 bits per heavy atom. The molecule has 0 radical (unpaired) electrons. The number of nitrogens with zero attached hydrogens (tertiary/aromatic N) is 4. The molecule has 3 heterocycles. The van der Waals surface area contributed by atoms with Gasteiger partial charge in [-0.15, -0.1) is 0 Å². The molecule has 0 spiro atoms. The number of carbonyl (C=O) groups is 1. The monoisotopic (exact) mass is 372 g/mol. The van der Waals surface area contributed by atoms with Gasteiger partial charge >= 0.3 is 0 Å². The van der Waals surface area contributed by atoms with Gasteiger partial charge in [0.25, 0.3) is 5.91 Å². The molecule has 2 aromatic carbocycles. The van der Waals surface area contributed by atoms with Crippen molar-refractivity contribution in [2.24, 2.45) is 0 Å². The highest BCUT2D eigenvalue weighted by atomic mass is 16.2. The van der Waals surface area contributed by atoms with Crippen LogP contribution >= 0.6 is 0 Å². The number of hydrogen-bond donors (Lipinski definition) is 0. The van der Waals surface area contributed by atoms with Crippen molar-refractivity contribution in [3.8, 4) is 0 Å². The van der Waals surface area contributed by atoms with E-state index in [0.717, 1.165) is 62.8 Å². The average molecular weight is 372 g/mol. The molecule has 0 bridgehead atoms. The number of amides is 1. The normalized spacial score (nSPS) is 17.4. The van der Waals surface area contributed by atoms with Crippen molar-refractivity contribution in [3.63, 3.8) is 0 Å². The van der Waals surface area contributed by atoms with Gasteiger partial charge in [0.15, 0.2) is 0 Å². The number of aromatic nitrogens is 1. The largest absolute Gasteiger partial charge is 0.354 e. The maximum absolute atomic E-state index is 12.5. The molecule has 1 amide bonds. The van der Waals surface area contributed by atoms with Gasteiger partial charge in [0.05, 0.1) is 0 Å². The number of carbonyl (C=O) groups excluding carboxylic acids is 1. The van der Waals surface area contributed by atoms with Crippen LogP contribution in [0.3, 0.4) is 0 Å². The van der Waals surface area contributed by atoms with Crippen LogP contribution in [0.1, 0.15) is 15.9 Å². The van der Waals surface area contributed by atoms with Gasteiger partial charge in [0, 0.05) is 63.0 Å². The minimum atomic E-state index is 0.175. The van der Waals surface area contributed by atoms with Gasteiger partial charge in [-0.3, -0.25) is 9.69 Å². The summed E-state index contributed by atoms with van der Waals surface area (Å²) in [6.07, 6.45) is 1.90. The molecule has 3 aromatic rings. The average Bonchev–Trinajstić information content (AvgIpc) is 3.08. The molecule has 1 fully saturated rings. The second kappa shape index (κ2) is 7.24.